The average molecular weight is 186 g/mol. The number of rotatable bonds is 4. The Balaban J connectivity index is 0. The Hall–Kier alpha value is -1.05. The van der Waals surface area contributed by atoms with Gasteiger partial charge in [-0.1, -0.05) is 40.0 Å². The van der Waals surface area contributed by atoms with Gasteiger partial charge in [0.1, 0.15) is 0 Å². The lowest BCUT2D eigenvalue weighted by molar-refractivity contribution is 0.279. The molecule has 0 aromatic heterocycles. The first kappa shape index (κ1) is 14.5. The zero-order valence-electron chi connectivity index (χ0n) is 8.98. The molecular weight excluding hydrogens is 167 g/mol. The topological polar surface area (TPSA) is 9.23 Å². The molecule has 0 saturated heterocycles. The van der Waals surface area contributed by atoms with Crippen molar-refractivity contribution >= 4 is 0 Å². The summed E-state index contributed by atoms with van der Waals surface area (Å²) in [5, 5.41) is 0. The summed E-state index contributed by atoms with van der Waals surface area (Å²) in [5.74, 6) is -0.355. The van der Waals surface area contributed by atoms with E-state index in [1.807, 2.05) is 20.8 Å². The molecule has 0 aliphatic heterocycles. The molecule has 0 N–H and O–H groups in total. The fourth-order valence-electron chi connectivity index (χ4n) is 0.814. The molecule has 0 aliphatic rings. The number of ether oxygens (including phenoxy) is 1. The van der Waals surface area contributed by atoms with Crippen LogP contribution in [0.3, 0.4) is 0 Å². The van der Waals surface area contributed by atoms with Gasteiger partial charge in [0.15, 0.2) is 11.6 Å². The first-order valence-corrected chi connectivity index (χ1v) is 4.41. The maximum atomic E-state index is 12.6. The van der Waals surface area contributed by atoms with Gasteiger partial charge < -0.3 is 4.74 Å². The van der Waals surface area contributed by atoms with Gasteiger partial charge in [-0.2, -0.15) is 0 Å². The maximum absolute atomic E-state index is 12.6. The Morgan fingerprint density at radius 2 is 1.92 bits per heavy atom. The van der Waals surface area contributed by atoms with E-state index in [0.29, 0.717) is 6.42 Å². The van der Waals surface area contributed by atoms with E-state index in [4.69, 9.17) is 4.74 Å². The second kappa shape index (κ2) is 9.04. The first-order valence-electron chi connectivity index (χ1n) is 4.41. The van der Waals surface area contributed by atoms with E-state index in [9.17, 15) is 4.39 Å². The molecule has 0 spiro atoms. The summed E-state index contributed by atoms with van der Waals surface area (Å²) in [6.45, 7) is 12.6. The van der Waals surface area contributed by atoms with Crippen molar-refractivity contribution in [3.05, 3.63) is 36.4 Å². The zero-order chi connectivity index (χ0) is 10.9. The number of halogens is 1. The highest BCUT2D eigenvalue weighted by Gasteiger charge is 2.05. The Kier molecular flexibility index (Phi) is 10.1. The van der Waals surface area contributed by atoms with Gasteiger partial charge >= 0.3 is 0 Å². The standard InChI is InChI=1S/C9H13FO.C2H6/c1-5-8(6-2)9(11-4)7(3)10;1-2/h5H,1,3,6H2,2,4H3;1-2H3/b9-8-;. The highest BCUT2D eigenvalue weighted by atomic mass is 19.1. The lowest BCUT2D eigenvalue weighted by Crippen LogP contribution is -1.91. The van der Waals surface area contributed by atoms with Crippen LogP contribution in [0.4, 0.5) is 4.39 Å². The normalized spacial score (nSPS) is 10.5. The van der Waals surface area contributed by atoms with Gasteiger partial charge in [-0.25, -0.2) is 4.39 Å². The summed E-state index contributed by atoms with van der Waals surface area (Å²) in [4.78, 5) is 0. The van der Waals surface area contributed by atoms with Crippen LogP contribution < -0.4 is 0 Å². The van der Waals surface area contributed by atoms with Gasteiger partial charge in [-0.15, -0.1) is 0 Å². The molecule has 2 heteroatoms. The van der Waals surface area contributed by atoms with Crippen LogP contribution in [0.5, 0.6) is 0 Å². The fraction of sp³-hybridized carbons (Fsp3) is 0.455. The SMILES string of the molecule is C=C/C(CC)=C(/OC)C(=C)F.CC. The van der Waals surface area contributed by atoms with Crippen LogP contribution in [0, 0.1) is 0 Å². The minimum atomic E-state index is -0.552. The molecule has 0 atom stereocenters. The summed E-state index contributed by atoms with van der Waals surface area (Å²) >= 11 is 0. The van der Waals surface area contributed by atoms with Crippen molar-refractivity contribution in [2.24, 2.45) is 0 Å². The molecule has 0 fully saturated rings. The molecule has 13 heavy (non-hydrogen) atoms. The van der Waals surface area contributed by atoms with Crippen molar-refractivity contribution in [3.63, 3.8) is 0 Å². The third-order valence-electron chi connectivity index (χ3n) is 1.37. The summed E-state index contributed by atoms with van der Waals surface area (Å²) in [6, 6.07) is 0. The van der Waals surface area contributed by atoms with Crippen LogP contribution >= 0.6 is 0 Å². The van der Waals surface area contributed by atoms with Gasteiger partial charge in [0.25, 0.3) is 0 Å². The van der Waals surface area contributed by atoms with Crippen LogP contribution in [-0.4, -0.2) is 7.11 Å². The first-order chi connectivity index (χ1) is 6.17. The van der Waals surface area contributed by atoms with Crippen LogP contribution in [-0.2, 0) is 4.74 Å². The molecule has 0 heterocycles. The van der Waals surface area contributed by atoms with Crippen LogP contribution in [0.15, 0.2) is 36.4 Å². The lowest BCUT2D eigenvalue weighted by atomic mass is 10.1. The predicted octanol–water partition coefficient (Wildman–Crippen LogP) is 3.99. The largest absolute Gasteiger partial charge is 0.493 e. The van der Waals surface area contributed by atoms with Gasteiger partial charge in [0, 0.05) is 0 Å². The molecule has 0 rings (SSSR count). The molecule has 1 nitrogen and oxygen atoms in total. The molecule has 0 bridgehead atoms. The Morgan fingerprint density at radius 1 is 1.46 bits per heavy atom. The van der Waals surface area contributed by atoms with Gasteiger partial charge in [0.05, 0.1) is 7.11 Å². The molecule has 0 radical (unpaired) electrons. The van der Waals surface area contributed by atoms with Crippen LogP contribution in [0.1, 0.15) is 27.2 Å². The summed E-state index contributed by atoms with van der Waals surface area (Å²) < 4.78 is 17.4. The molecule has 0 saturated carbocycles. The minimum absolute atomic E-state index is 0.197. The summed E-state index contributed by atoms with van der Waals surface area (Å²) in [7, 11) is 1.42. The van der Waals surface area contributed by atoms with E-state index >= 15 is 0 Å². The monoisotopic (exact) mass is 186 g/mol. The van der Waals surface area contributed by atoms with Crippen LogP contribution in [0.2, 0.25) is 0 Å². The highest BCUT2D eigenvalue weighted by molar-refractivity contribution is 5.29. The summed E-state index contributed by atoms with van der Waals surface area (Å²) in [6.07, 6.45) is 2.26. The predicted molar refractivity (Wildman–Crippen MR) is 56.1 cm³/mol. The third-order valence-corrected chi connectivity index (χ3v) is 1.37. The molecule has 0 aromatic carbocycles. The lowest BCUT2D eigenvalue weighted by Gasteiger charge is -2.06. The van der Waals surface area contributed by atoms with Gasteiger partial charge in [0.2, 0.25) is 0 Å². The van der Waals surface area contributed by atoms with Crippen molar-refractivity contribution in [1.29, 1.82) is 0 Å². The number of hydrogen-bond acceptors (Lipinski definition) is 1. The number of allylic oxidation sites excluding steroid dienone is 3. The van der Waals surface area contributed by atoms with Crippen molar-refractivity contribution in [1.82, 2.24) is 0 Å². The van der Waals surface area contributed by atoms with Crippen molar-refractivity contribution in [2.45, 2.75) is 27.2 Å². The molecule has 0 aliphatic carbocycles. The Morgan fingerprint density at radius 3 is 2.00 bits per heavy atom. The van der Waals surface area contributed by atoms with Crippen molar-refractivity contribution in [3.8, 4) is 0 Å². The Bertz CT molecular complexity index is 192. The molecule has 0 amide bonds. The smallest absolute Gasteiger partial charge is 0.158 e. The van der Waals surface area contributed by atoms with E-state index in [0.717, 1.165) is 5.57 Å². The van der Waals surface area contributed by atoms with Gasteiger partial charge in [-0.3, -0.25) is 0 Å². The molecule has 0 aromatic rings. The van der Waals surface area contributed by atoms with E-state index < -0.39 is 5.83 Å². The Labute approximate surface area is 80.6 Å². The number of methoxy groups -OCH3 is 1. The van der Waals surface area contributed by atoms with Crippen molar-refractivity contribution < 1.29 is 9.13 Å². The van der Waals surface area contributed by atoms with E-state index in [2.05, 4.69) is 13.2 Å². The van der Waals surface area contributed by atoms with Crippen LogP contribution in [0.25, 0.3) is 0 Å². The highest BCUT2D eigenvalue weighted by Crippen LogP contribution is 2.18. The quantitative estimate of drug-likeness (QED) is 0.476. The van der Waals surface area contributed by atoms with E-state index in [1.165, 1.54) is 7.11 Å². The fourth-order valence-corrected chi connectivity index (χ4v) is 0.814. The zero-order valence-corrected chi connectivity index (χ0v) is 8.98. The van der Waals surface area contributed by atoms with E-state index in [-0.39, 0.29) is 5.76 Å². The second-order valence-electron chi connectivity index (χ2n) is 2.02. The molecular formula is C11H19FO. The summed E-state index contributed by atoms with van der Waals surface area (Å²) in [5.41, 5.74) is 0.736. The van der Waals surface area contributed by atoms with Gasteiger partial charge in [-0.05, 0) is 12.0 Å². The third kappa shape index (κ3) is 5.23. The second-order valence-corrected chi connectivity index (χ2v) is 2.02. The number of hydrogen-bond donors (Lipinski definition) is 0. The average Bonchev–Trinajstić information content (AvgIpc) is 2.16. The molecule has 76 valence electrons. The minimum Gasteiger partial charge on any atom is -0.493 e. The van der Waals surface area contributed by atoms with Crippen molar-refractivity contribution in [2.75, 3.05) is 7.11 Å². The maximum Gasteiger partial charge on any atom is 0.158 e. The molecule has 0 unspecified atom stereocenters. The van der Waals surface area contributed by atoms with E-state index in [1.54, 1.807) is 6.08 Å².